The highest BCUT2D eigenvalue weighted by Gasteiger charge is 2.03. The van der Waals surface area contributed by atoms with E-state index in [4.69, 9.17) is 5.26 Å². The molecule has 0 saturated heterocycles. The molecule has 1 aromatic heterocycles. The van der Waals surface area contributed by atoms with Gasteiger partial charge in [-0.1, -0.05) is 18.2 Å². The van der Waals surface area contributed by atoms with Crippen molar-refractivity contribution >= 4 is 0 Å². The number of benzene rings is 1. The molecule has 0 N–H and O–H groups in total. The lowest BCUT2D eigenvalue weighted by molar-refractivity contribution is 0.570. The predicted octanol–water partition coefficient (Wildman–Crippen LogP) is 0.901. The van der Waals surface area contributed by atoms with Gasteiger partial charge in [-0.3, -0.25) is 0 Å². The predicted molar refractivity (Wildman–Crippen MR) is 52.8 cm³/mol. The van der Waals surface area contributed by atoms with Gasteiger partial charge in [0.05, 0.1) is 18.2 Å². The van der Waals surface area contributed by atoms with Crippen LogP contribution in [0.5, 0.6) is 0 Å². The summed E-state index contributed by atoms with van der Waals surface area (Å²) in [6.45, 7) is 2.25. The normalized spacial score (nSPS) is 9.87. The van der Waals surface area contributed by atoms with Gasteiger partial charge in [0.1, 0.15) is 0 Å². The molecule has 5 nitrogen and oxygen atoms in total. The average molecular weight is 199 g/mol. The summed E-state index contributed by atoms with van der Waals surface area (Å²) in [6, 6.07) is 9.52. The van der Waals surface area contributed by atoms with E-state index in [1.807, 2.05) is 18.2 Å². The van der Waals surface area contributed by atoms with Gasteiger partial charge in [0.25, 0.3) is 0 Å². The molecule has 0 unspecified atom stereocenters. The number of aryl methyl sites for hydroxylation is 1. The minimum Gasteiger partial charge on any atom is -0.192 e. The van der Waals surface area contributed by atoms with Crippen molar-refractivity contribution in [3.63, 3.8) is 0 Å². The Labute approximate surface area is 87.0 Å². The van der Waals surface area contributed by atoms with Crippen LogP contribution in [0.1, 0.15) is 17.0 Å². The van der Waals surface area contributed by atoms with Crippen LogP contribution in [0.25, 0.3) is 0 Å². The molecule has 0 atom stereocenters. The fourth-order valence-corrected chi connectivity index (χ4v) is 1.31. The molecule has 0 fully saturated rings. The van der Waals surface area contributed by atoms with Crippen molar-refractivity contribution in [3.8, 4) is 6.07 Å². The minimum absolute atomic E-state index is 0.477. The van der Waals surface area contributed by atoms with E-state index in [1.165, 1.54) is 4.80 Å². The molecule has 0 saturated carbocycles. The quantitative estimate of drug-likeness (QED) is 0.720. The molecule has 0 aliphatic carbocycles. The summed E-state index contributed by atoms with van der Waals surface area (Å²) >= 11 is 0. The van der Waals surface area contributed by atoms with Gasteiger partial charge in [0.2, 0.25) is 0 Å². The minimum atomic E-state index is 0.477. The van der Waals surface area contributed by atoms with Crippen LogP contribution in [-0.4, -0.2) is 20.2 Å². The largest absolute Gasteiger partial charge is 0.192 e. The molecule has 0 amide bonds. The van der Waals surface area contributed by atoms with Crippen LogP contribution in [0.2, 0.25) is 0 Å². The molecular formula is C10H9N5. The first kappa shape index (κ1) is 9.34. The smallest absolute Gasteiger partial charge is 0.171 e. The van der Waals surface area contributed by atoms with Crippen LogP contribution >= 0.6 is 0 Å². The molecule has 0 radical (unpaired) electrons. The van der Waals surface area contributed by atoms with Crippen LogP contribution < -0.4 is 0 Å². The van der Waals surface area contributed by atoms with E-state index in [2.05, 4.69) is 21.5 Å². The van der Waals surface area contributed by atoms with E-state index < -0.39 is 0 Å². The molecule has 1 heterocycles. The van der Waals surface area contributed by atoms with Crippen molar-refractivity contribution in [2.24, 2.45) is 0 Å². The Bertz CT molecular complexity index is 509. The second-order valence-corrected chi connectivity index (χ2v) is 3.14. The van der Waals surface area contributed by atoms with E-state index >= 15 is 0 Å². The second-order valence-electron chi connectivity index (χ2n) is 3.14. The maximum absolute atomic E-state index is 8.89. The van der Waals surface area contributed by atoms with Crippen LogP contribution in [-0.2, 0) is 6.54 Å². The number of nitriles is 1. The van der Waals surface area contributed by atoms with E-state index in [0.29, 0.717) is 17.9 Å². The molecular weight excluding hydrogens is 190 g/mol. The average Bonchev–Trinajstić information content (AvgIpc) is 2.65. The van der Waals surface area contributed by atoms with Gasteiger partial charge in [-0.15, -0.1) is 10.2 Å². The van der Waals surface area contributed by atoms with Gasteiger partial charge in [-0.05, 0) is 23.8 Å². The van der Waals surface area contributed by atoms with E-state index in [0.717, 1.165) is 5.56 Å². The number of nitrogens with zero attached hydrogens (tertiary/aromatic N) is 5. The van der Waals surface area contributed by atoms with Crippen molar-refractivity contribution < 1.29 is 0 Å². The molecule has 0 aliphatic rings. The zero-order valence-corrected chi connectivity index (χ0v) is 8.25. The number of rotatable bonds is 2. The number of hydrogen-bond acceptors (Lipinski definition) is 4. The monoisotopic (exact) mass is 199 g/mol. The van der Waals surface area contributed by atoms with E-state index in [9.17, 15) is 0 Å². The van der Waals surface area contributed by atoms with Gasteiger partial charge in [0.15, 0.2) is 5.82 Å². The van der Waals surface area contributed by atoms with Crippen molar-refractivity contribution in [3.05, 3.63) is 41.2 Å². The fourth-order valence-electron chi connectivity index (χ4n) is 1.31. The molecule has 0 bridgehead atoms. The Kier molecular flexibility index (Phi) is 2.42. The summed E-state index contributed by atoms with van der Waals surface area (Å²) in [5, 5.41) is 20.6. The lowest BCUT2D eigenvalue weighted by Crippen LogP contribution is -2.05. The summed E-state index contributed by atoms with van der Waals surface area (Å²) in [6.07, 6.45) is 0. The SMILES string of the molecule is Cc1nnn(Cc2ccccc2C#N)n1. The number of aromatic nitrogens is 4. The highest BCUT2D eigenvalue weighted by Crippen LogP contribution is 2.07. The fraction of sp³-hybridized carbons (Fsp3) is 0.200. The highest BCUT2D eigenvalue weighted by atomic mass is 15.6. The van der Waals surface area contributed by atoms with Crippen molar-refractivity contribution in [1.82, 2.24) is 20.2 Å². The van der Waals surface area contributed by atoms with Crippen molar-refractivity contribution in [2.75, 3.05) is 0 Å². The molecule has 0 aliphatic heterocycles. The highest BCUT2D eigenvalue weighted by molar-refractivity contribution is 5.37. The van der Waals surface area contributed by atoms with Crippen molar-refractivity contribution in [2.45, 2.75) is 13.5 Å². The molecule has 0 spiro atoms. The Balaban J connectivity index is 2.28. The molecule has 1 aromatic carbocycles. The van der Waals surface area contributed by atoms with Crippen molar-refractivity contribution in [1.29, 1.82) is 5.26 Å². The van der Waals surface area contributed by atoms with Crippen LogP contribution in [0.4, 0.5) is 0 Å². The second kappa shape index (κ2) is 3.88. The lowest BCUT2D eigenvalue weighted by atomic mass is 10.1. The Morgan fingerprint density at radius 1 is 1.40 bits per heavy atom. The Morgan fingerprint density at radius 2 is 2.20 bits per heavy atom. The summed E-state index contributed by atoms with van der Waals surface area (Å²) < 4.78 is 0. The van der Waals surface area contributed by atoms with Gasteiger partial charge >= 0.3 is 0 Å². The van der Waals surface area contributed by atoms with E-state index in [-0.39, 0.29) is 0 Å². The van der Waals surface area contributed by atoms with Crippen LogP contribution in [0.15, 0.2) is 24.3 Å². The Morgan fingerprint density at radius 3 is 2.87 bits per heavy atom. The van der Waals surface area contributed by atoms with Gasteiger partial charge in [-0.2, -0.15) is 10.1 Å². The number of tetrazole rings is 1. The third kappa shape index (κ3) is 1.99. The standard InChI is InChI=1S/C10H9N5/c1-8-12-14-15(13-8)7-10-5-3-2-4-9(10)6-11/h2-5H,7H2,1H3. The zero-order valence-electron chi connectivity index (χ0n) is 8.25. The van der Waals surface area contributed by atoms with E-state index in [1.54, 1.807) is 13.0 Å². The molecule has 2 rings (SSSR count). The molecule has 74 valence electrons. The first-order valence-electron chi connectivity index (χ1n) is 4.52. The maximum Gasteiger partial charge on any atom is 0.171 e. The molecule has 2 aromatic rings. The van der Waals surface area contributed by atoms with Gasteiger partial charge < -0.3 is 0 Å². The summed E-state index contributed by atoms with van der Waals surface area (Å²) in [5.41, 5.74) is 1.55. The first-order valence-corrected chi connectivity index (χ1v) is 4.52. The lowest BCUT2D eigenvalue weighted by Gasteiger charge is -2.01. The summed E-state index contributed by atoms with van der Waals surface area (Å²) in [5.74, 6) is 0.629. The van der Waals surface area contributed by atoms with Crippen LogP contribution in [0, 0.1) is 18.3 Å². The third-order valence-corrected chi connectivity index (χ3v) is 2.00. The third-order valence-electron chi connectivity index (χ3n) is 2.00. The number of hydrogen-bond donors (Lipinski definition) is 0. The topological polar surface area (TPSA) is 67.4 Å². The molecule has 5 heteroatoms. The zero-order chi connectivity index (χ0) is 10.7. The Hall–Kier alpha value is -2.22. The first-order chi connectivity index (χ1) is 7.29. The van der Waals surface area contributed by atoms with Crippen LogP contribution in [0.3, 0.4) is 0 Å². The summed E-state index contributed by atoms with van der Waals surface area (Å²) in [7, 11) is 0. The van der Waals surface area contributed by atoms with Gasteiger partial charge in [-0.25, -0.2) is 0 Å². The molecule has 15 heavy (non-hydrogen) atoms. The van der Waals surface area contributed by atoms with Gasteiger partial charge in [0, 0.05) is 0 Å². The maximum atomic E-state index is 8.89. The summed E-state index contributed by atoms with van der Waals surface area (Å²) in [4.78, 5) is 1.48.